The third-order valence-corrected chi connectivity index (χ3v) is 2.49. The zero-order valence-corrected chi connectivity index (χ0v) is 10.3. The quantitative estimate of drug-likeness (QED) is 0.683. The van der Waals surface area contributed by atoms with E-state index in [2.05, 4.69) is 9.72 Å². The molecule has 0 amide bonds. The summed E-state index contributed by atoms with van der Waals surface area (Å²) in [6, 6.07) is 6.91. The molecule has 0 atom stereocenters. The Morgan fingerprint density at radius 1 is 1.44 bits per heavy atom. The minimum atomic E-state index is -1.39. The second-order valence-corrected chi connectivity index (χ2v) is 4.03. The summed E-state index contributed by atoms with van der Waals surface area (Å²) in [5.41, 5.74) is 1.49. The molecule has 6 heteroatoms. The summed E-state index contributed by atoms with van der Waals surface area (Å²) in [6.07, 6.45) is -1.39. The maximum Gasteiger partial charge on any atom is 0.508 e. The Balaban J connectivity index is 2.35. The lowest BCUT2D eigenvalue weighted by Crippen LogP contribution is -2.08. The molecule has 1 aromatic heterocycles. The van der Waals surface area contributed by atoms with E-state index in [1.807, 2.05) is 6.92 Å². The molecule has 1 aromatic carbocycles. The molecule has 0 saturated carbocycles. The monoisotopic (exact) mass is 267 g/mol. The van der Waals surface area contributed by atoms with Gasteiger partial charge in [-0.05, 0) is 25.1 Å². The Hall–Kier alpha value is -2.01. The average molecular weight is 268 g/mol. The number of nitrogens with zero attached hydrogens (tertiary/aromatic N) is 1. The first kappa shape index (κ1) is 12.4. The number of hydrogen-bond acceptors (Lipinski definition) is 4. The maximum atomic E-state index is 10.2. The van der Waals surface area contributed by atoms with Gasteiger partial charge in [-0.2, -0.15) is 0 Å². The molecule has 0 saturated heterocycles. The normalized spacial score (nSPS) is 10.3. The molecule has 1 heterocycles. The zero-order chi connectivity index (χ0) is 13.1. The molecule has 0 spiro atoms. The summed E-state index contributed by atoms with van der Waals surface area (Å²) in [4.78, 5) is 14.6. The first-order valence-electron chi connectivity index (χ1n) is 5.11. The Morgan fingerprint density at radius 3 is 2.94 bits per heavy atom. The summed E-state index contributed by atoms with van der Waals surface area (Å²) in [5.74, 6) is 0.487. The number of carbonyl (C=O) groups is 1. The maximum absolute atomic E-state index is 10.2. The molecule has 0 aliphatic carbocycles. The molecule has 0 bridgehead atoms. The molecule has 18 heavy (non-hydrogen) atoms. The fourth-order valence-corrected chi connectivity index (χ4v) is 1.73. The highest BCUT2D eigenvalue weighted by Gasteiger charge is 2.07. The van der Waals surface area contributed by atoms with Crippen molar-refractivity contribution in [2.45, 2.75) is 6.92 Å². The van der Waals surface area contributed by atoms with Crippen molar-refractivity contribution < 1.29 is 19.4 Å². The summed E-state index contributed by atoms with van der Waals surface area (Å²) in [7, 11) is 0. The van der Waals surface area contributed by atoms with Gasteiger partial charge in [0.05, 0.1) is 5.52 Å². The van der Waals surface area contributed by atoms with Crippen LogP contribution in [0.1, 0.15) is 5.69 Å². The van der Waals surface area contributed by atoms with E-state index < -0.39 is 6.16 Å². The van der Waals surface area contributed by atoms with Crippen LogP contribution in [0.3, 0.4) is 0 Å². The molecule has 0 aliphatic heterocycles. The van der Waals surface area contributed by atoms with Crippen LogP contribution in [-0.4, -0.2) is 23.0 Å². The van der Waals surface area contributed by atoms with Crippen LogP contribution in [0.2, 0.25) is 5.02 Å². The minimum absolute atomic E-state index is 0.375. The van der Waals surface area contributed by atoms with Gasteiger partial charge in [0.25, 0.3) is 0 Å². The topological polar surface area (TPSA) is 68.7 Å². The molecule has 0 aliphatic rings. The molecular weight excluding hydrogens is 258 g/mol. The summed E-state index contributed by atoms with van der Waals surface area (Å²) in [5, 5.41) is 9.63. The van der Waals surface area contributed by atoms with Gasteiger partial charge in [0.1, 0.15) is 5.75 Å². The van der Waals surface area contributed by atoms with Crippen molar-refractivity contribution in [1.29, 1.82) is 0 Å². The number of halogens is 1. The SMILES string of the molecule is Cc1cc(OCOC(=O)O)c2cc(Cl)ccc2n1. The highest BCUT2D eigenvalue weighted by molar-refractivity contribution is 6.31. The van der Waals surface area contributed by atoms with Crippen molar-refractivity contribution in [3.63, 3.8) is 0 Å². The Morgan fingerprint density at radius 2 is 2.22 bits per heavy atom. The number of benzene rings is 1. The average Bonchev–Trinajstić information content (AvgIpc) is 2.29. The van der Waals surface area contributed by atoms with E-state index in [-0.39, 0.29) is 6.79 Å². The number of ether oxygens (including phenoxy) is 2. The molecule has 5 nitrogen and oxygen atoms in total. The van der Waals surface area contributed by atoms with E-state index >= 15 is 0 Å². The van der Waals surface area contributed by atoms with Gasteiger partial charge in [0.15, 0.2) is 0 Å². The van der Waals surface area contributed by atoms with Gasteiger partial charge in [0.2, 0.25) is 6.79 Å². The molecule has 0 radical (unpaired) electrons. The van der Waals surface area contributed by atoms with E-state index in [9.17, 15) is 4.79 Å². The van der Waals surface area contributed by atoms with Crippen LogP contribution in [0.4, 0.5) is 4.79 Å². The lowest BCUT2D eigenvalue weighted by Gasteiger charge is -2.09. The van der Waals surface area contributed by atoms with E-state index in [0.717, 1.165) is 11.2 Å². The lowest BCUT2D eigenvalue weighted by molar-refractivity contribution is 0.0267. The third kappa shape index (κ3) is 2.81. The Bertz CT molecular complexity index is 600. The number of carboxylic acid groups (broad SMARTS) is 1. The number of aromatic nitrogens is 1. The highest BCUT2D eigenvalue weighted by Crippen LogP contribution is 2.28. The molecule has 0 unspecified atom stereocenters. The number of fused-ring (bicyclic) bond motifs is 1. The summed E-state index contributed by atoms with van der Waals surface area (Å²) in [6.45, 7) is 1.44. The third-order valence-electron chi connectivity index (χ3n) is 2.26. The Labute approximate surface area is 108 Å². The number of aryl methyl sites for hydroxylation is 1. The first-order valence-corrected chi connectivity index (χ1v) is 5.49. The van der Waals surface area contributed by atoms with Crippen LogP contribution < -0.4 is 4.74 Å². The second kappa shape index (κ2) is 5.10. The van der Waals surface area contributed by atoms with Gasteiger partial charge >= 0.3 is 6.16 Å². The van der Waals surface area contributed by atoms with Crippen LogP contribution in [0.15, 0.2) is 24.3 Å². The Kier molecular flexibility index (Phi) is 3.53. The molecule has 0 fully saturated rings. The van der Waals surface area contributed by atoms with E-state index in [0.29, 0.717) is 16.2 Å². The number of pyridine rings is 1. The first-order chi connectivity index (χ1) is 8.56. The van der Waals surface area contributed by atoms with Crippen molar-refractivity contribution in [3.05, 3.63) is 35.0 Å². The van der Waals surface area contributed by atoms with Crippen molar-refractivity contribution in [2.75, 3.05) is 6.79 Å². The van der Waals surface area contributed by atoms with Gasteiger partial charge in [-0.1, -0.05) is 11.6 Å². The van der Waals surface area contributed by atoms with Crippen LogP contribution in [0.25, 0.3) is 10.9 Å². The van der Waals surface area contributed by atoms with Crippen LogP contribution in [-0.2, 0) is 4.74 Å². The van der Waals surface area contributed by atoms with Crippen molar-refractivity contribution in [3.8, 4) is 5.75 Å². The molecule has 2 rings (SSSR count). The van der Waals surface area contributed by atoms with E-state index in [1.54, 1.807) is 24.3 Å². The summed E-state index contributed by atoms with van der Waals surface area (Å²) >= 11 is 5.91. The number of rotatable bonds is 3. The van der Waals surface area contributed by atoms with Gasteiger partial charge in [-0.3, -0.25) is 4.98 Å². The van der Waals surface area contributed by atoms with Gasteiger partial charge in [-0.15, -0.1) is 0 Å². The molecule has 2 aromatic rings. The minimum Gasteiger partial charge on any atom is -0.456 e. The fourth-order valence-electron chi connectivity index (χ4n) is 1.56. The number of hydrogen-bond donors (Lipinski definition) is 1. The van der Waals surface area contributed by atoms with Crippen LogP contribution in [0.5, 0.6) is 5.75 Å². The molecule has 94 valence electrons. The molecule has 1 N–H and O–H groups in total. The zero-order valence-electron chi connectivity index (χ0n) is 9.51. The molecular formula is C12H10ClNO4. The van der Waals surface area contributed by atoms with Crippen molar-refractivity contribution in [2.24, 2.45) is 0 Å². The second-order valence-electron chi connectivity index (χ2n) is 3.60. The van der Waals surface area contributed by atoms with E-state index in [1.165, 1.54) is 0 Å². The summed E-state index contributed by atoms with van der Waals surface area (Å²) < 4.78 is 9.57. The van der Waals surface area contributed by atoms with Crippen molar-refractivity contribution in [1.82, 2.24) is 4.98 Å². The fraction of sp³-hybridized carbons (Fsp3) is 0.167. The van der Waals surface area contributed by atoms with Gasteiger partial charge < -0.3 is 14.6 Å². The lowest BCUT2D eigenvalue weighted by atomic mass is 10.2. The van der Waals surface area contributed by atoms with Crippen LogP contribution in [0, 0.1) is 6.92 Å². The van der Waals surface area contributed by atoms with Gasteiger partial charge in [-0.25, -0.2) is 4.79 Å². The highest BCUT2D eigenvalue weighted by atomic mass is 35.5. The van der Waals surface area contributed by atoms with E-state index in [4.69, 9.17) is 21.4 Å². The van der Waals surface area contributed by atoms with Crippen LogP contribution >= 0.6 is 11.6 Å². The predicted molar refractivity (Wildman–Crippen MR) is 66.1 cm³/mol. The largest absolute Gasteiger partial charge is 0.508 e. The van der Waals surface area contributed by atoms with Gasteiger partial charge in [0, 0.05) is 22.2 Å². The standard InChI is InChI=1S/C12H10ClNO4/c1-7-4-11(17-6-18-12(15)16)9-5-8(13)2-3-10(9)14-7/h2-5H,6H2,1H3,(H,15,16). The smallest absolute Gasteiger partial charge is 0.456 e. The predicted octanol–water partition coefficient (Wildman–Crippen LogP) is 3.23. The van der Waals surface area contributed by atoms with Crippen molar-refractivity contribution >= 4 is 28.7 Å².